The molecular weight excluding hydrogens is 236 g/mol. The SMILES string of the molecule is C[C@H]1C[C@@H](C(=O)Nc2ccccc2)CCN1.Cl. The summed E-state index contributed by atoms with van der Waals surface area (Å²) in [6, 6.07) is 10.1. The maximum Gasteiger partial charge on any atom is 0.227 e. The molecule has 1 aliphatic rings. The van der Waals surface area contributed by atoms with Gasteiger partial charge in [0.2, 0.25) is 5.91 Å². The molecule has 1 heterocycles. The van der Waals surface area contributed by atoms with Crippen LogP contribution in [0.5, 0.6) is 0 Å². The molecule has 0 bridgehead atoms. The molecule has 1 aliphatic heterocycles. The van der Waals surface area contributed by atoms with Crippen LogP contribution in [0.1, 0.15) is 19.8 Å². The van der Waals surface area contributed by atoms with Crippen LogP contribution in [-0.2, 0) is 4.79 Å². The molecule has 2 atom stereocenters. The van der Waals surface area contributed by atoms with Crippen molar-refractivity contribution in [1.82, 2.24) is 5.32 Å². The lowest BCUT2D eigenvalue weighted by atomic mass is 9.92. The number of rotatable bonds is 2. The van der Waals surface area contributed by atoms with Crippen molar-refractivity contribution in [2.24, 2.45) is 5.92 Å². The number of halogens is 1. The van der Waals surface area contributed by atoms with Crippen LogP contribution in [0.4, 0.5) is 5.69 Å². The summed E-state index contributed by atoms with van der Waals surface area (Å²) in [5.41, 5.74) is 0.888. The first-order chi connectivity index (χ1) is 7.75. The van der Waals surface area contributed by atoms with Crippen LogP contribution in [0.2, 0.25) is 0 Å². The number of carbonyl (C=O) groups is 1. The molecule has 2 N–H and O–H groups in total. The van der Waals surface area contributed by atoms with E-state index in [0.717, 1.165) is 25.1 Å². The van der Waals surface area contributed by atoms with Gasteiger partial charge in [-0.15, -0.1) is 12.4 Å². The highest BCUT2D eigenvalue weighted by Gasteiger charge is 2.24. The van der Waals surface area contributed by atoms with Crippen molar-refractivity contribution in [3.05, 3.63) is 30.3 Å². The smallest absolute Gasteiger partial charge is 0.227 e. The molecule has 0 saturated carbocycles. The Balaban J connectivity index is 0.00000144. The Bertz CT molecular complexity index is 356. The van der Waals surface area contributed by atoms with Crippen LogP contribution in [0.15, 0.2) is 30.3 Å². The summed E-state index contributed by atoms with van der Waals surface area (Å²) < 4.78 is 0. The van der Waals surface area contributed by atoms with Crippen molar-refractivity contribution in [2.75, 3.05) is 11.9 Å². The Hall–Kier alpha value is -1.06. The number of anilines is 1. The molecule has 17 heavy (non-hydrogen) atoms. The Kier molecular flexibility index (Phi) is 5.45. The molecule has 1 aromatic rings. The number of nitrogens with one attached hydrogen (secondary N) is 2. The van der Waals surface area contributed by atoms with Crippen molar-refractivity contribution in [3.8, 4) is 0 Å². The lowest BCUT2D eigenvalue weighted by Crippen LogP contribution is -2.40. The molecule has 1 amide bonds. The second kappa shape index (κ2) is 6.62. The van der Waals surface area contributed by atoms with Gasteiger partial charge in [-0.05, 0) is 38.4 Å². The van der Waals surface area contributed by atoms with E-state index in [9.17, 15) is 4.79 Å². The first-order valence-corrected chi connectivity index (χ1v) is 5.85. The van der Waals surface area contributed by atoms with Gasteiger partial charge < -0.3 is 10.6 Å². The molecule has 4 heteroatoms. The molecule has 1 aromatic carbocycles. The third kappa shape index (κ3) is 4.02. The molecule has 0 aliphatic carbocycles. The van der Waals surface area contributed by atoms with Crippen molar-refractivity contribution in [2.45, 2.75) is 25.8 Å². The summed E-state index contributed by atoms with van der Waals surface area (Å²) in [6.45, 7) is 3.07. The quantitative estimate of drug-likeness (QED) is 0.851. The summed E-state index contributed by atoms with van der Waals surface area (Å²) in [5.74, 6) is 0.302. The summed E-state index contributed by atoms with van der Waals surface area (Å²) in [6.07, 6.45) is 1.86. The predicted octanol–water partition coefficient (Wildman–Crippen LogP) is 2.44. The van der Waals surface area contributed by atoms with Crippen molar-refractivity contribution in [1.29, 1.82) is 0 Å². The Morgan fingerprint density at radius 1 is 1.35 bits per heavy atom. The highest BCUT2D eigenvalue weighted by molar-refractivity contribution is 5.92. The number of hydrogen-bond donors (Lipinski definition) is 2. The predicted molar refractivity (Wildman–Crippen MR) is 72.5 cm³/mol. The first-order valence-electron chi connectivity index (χ1n) is 5.85. The standard InChI is InChI=1S/C13H18N2O.ClH/c1-10-9-11(7-8-14-10)13(16)15-12-5-3-2-4-6-12;/h2-6,10-11,14H,7-9H2,1H3,(H,15,16);1H/t10-,11-;/m0./s1. The highest BCUT2D eigenvalue weighted by Crippen LogP contribution is 2.18. The monoisotopic (exact) mass is 254 g/mol. The van der Waals surface area contributed by atoms with Crippen LogP contribution >= 0.6 is 12.4 Å². The van der Waals surface area contributed by atoms with E-state index in [-0.39, 0.29) is 24.2 Å². The Labute approximate surface area is 108 Å². The van der Waals surface area contributed by atoms with Crippen LogP contribution in [0.3, 0.4) is 0 Å². The molecule has 0 spiro atoms. The van der Waals surface area contributed by atoms with Crippen LogP contribution in [-0.4, -0.2) is 18.5 Å². The van der Waals surface area contributed by atoms with Gasteiger partial charge in [-0.1, -0.05) is 18.2 Å². The first kappa shape index (κ1) is 14.0. The summed E-state index contributed by atoms with van der Waals surface area (Å²) in [5, 5.41) is 6.32. The van der Waals surface area contributed by atoms with Gasteiger partial charge in [-0.3, -0.25) is 4.79 Å². The molecule has 1 fully saturated rings. The number of hydrogen-bond acceptors (Lipinski definition) is 2. The van der Waals surface area contributed by atoms with Gasteiger partial charge in [0.05, 0.1) is 0 Å². The van der Waals surface area contributed by atoms with E-state index in [1.165, 1.54) is 0 Å². The van der Waals surface area contributed by atoms with Crippen LogP contribution < -0.4 is 10.6 Å². The van der Waals surface area contributed by atoms with E-state index in [0.29, 0.717) is 6.04 Å². The van der Waals surface area contributed by atoms with E-state index in [2.05, 4.69) is 17.6 Å². The molecular formula is C13H19ClN2O. The zero-order chi connectivity index (χ0) is 11.4. The van der Waals surface area contributed by atoms with E-state index in [4.69, 9.17) is 0 Å². The third-order valence-electron chi connectivity index (χ3n) is 3.04. The van der Waals surface area contributed by atoms with Gasteiger partial charge >= 0.3 is 0 Å². The summed E-state index contributed by atoms with van der Waals surface area (Å²) in [4.78, 5) is 12.0. The Morgan fingerprint density at radius 3 is 2.71 bits per heavy atom. The zero-order valence-electron chi connectivity index (χ0n) is 9.98. The fraction of sp³-hybridized carbons (Fsp3) is 0.462. The summed E-state index contributed by atoms with van der Waals surface area (Å²) >= 11 is 0. The molecule has 0 aromatic heterocycles. The van der Waals surface area contributed by atoms with E-state index >= 15 is 0 Å². The average molecular weight is 255 g/mol. The molecule has 1 saturated heterocycles. The van der Waals surface area contributed by atoms with Gasteiger partial charge in [0.25, 0.3) is 0 Å². The number of amides is 1. The van der Waals surface area contributed by atoms with Gasteiger partial charge in [0.15, 0.2) is 0 Å². The van der Waals surface area contributed by atoms with Crippen LogP contribution in [0, 0.1) is 5.92 Å². The fourth-order valence-corrected chi connectivity index (χ4v) is 2.14. The second-order valence-electron chi connectivity index (χ2n) is 4.43. The molecule has 3 nitrogen and oxygen atoms in total. The second-order valence-corrected chi connectivity index (χ2v) is 4.43. The van der Waals surface area contributed by atoms with E-state index in [1.807, 2.05) is 30.3 Å². The normalized spacial score (nSPS) is 23.6. The fourth-order valence-electron chi connectivity index (χ4n) is 2.14. The van der Waals surface area contributed by atoms with Crippen molar-refractivity contribution in [3.63, 3.8) is 0 Å². The lowest BCUT2D eigenvalue weighted by Gasteiger charge is -2.27. The number of carbonyl (C=O) groups excluding carboxylic acids is 1. The third-order valence-corrected chi connectivity index (χ3v) is 3.04. The maximum atomic E-state index is 12.0. The number of piperidine rings is 1. The number of para-hydroxylation sites is 1. The summed E-state index contributed by atoms with van der Waals surface area (Å²) in [7, 11) is 0. The molecule has 2 rings (SSSR count). The van der Waals surface area contributed by atoms with Gasteiger partial charge in [-0.2, -0.15) is 0 Å². The largest absolute Gasteiger partial charge is 0.326 e. The van der Waals surface area contributed by atoms with E-state index in [1.54, 1.807) is 0 Å². The van der Waals surface area contributed by atoms with Gasteiger partial charge in [-0.25, -0.2) is 0 Å². The Morgan fingerprint density at radius 2 is 2.06 bits per heavy atom. The highest BCUT2D eigenvalue weighted by atomic mass is 35.5. The van der Waals surface area contributed by atoms with Crippen molar-refractivity contribution >= 4 is 24.0 Å². The zero-order valence-corrected chi connectivity index (χ0v) is 10.8. The van der Waals surface area contributed by atoms with E-state index < -0.39 is 0 Å². The minimum absolute atomic E-state index is 0. The average Bonchev–Trinajstić information content (AvgIpc) is 2.30. The topological polar surface area (TPSA) is 41.1 Å². The lowest BCUT2D eigenvalue weighted by molar-refractivity contribution is -0.120. The van der Waals surface area contributed by atoms with Gasteiger partial charge in [0.1, 0.15) is 0 Å². The maximum absolute atomic E-state index is 12.0. The van der Waals surface area contributed by atoms with Crippen LogP contribution in [0.25, 0.3) is 0 Å². The number of benzene rings is 1. The minimum Gasteiger partial charge on any atom is -0.326 e. The van der Waals surface area contributed by atoms with Crippen molar-refractivity contribution < 1.29 is 4.79 Å². The molecule has 94 valence electrons. The van der Waals surface area contributed by atoms with Gasteiger partial charge in [0, 0.05) is 17.6 Å². The molecule has 0 unspecified atom stereocenters. The minimum atomic E-state index is 0. The molecule has 0 radical (unpaired) electrons.